The summed E-state index contributed by atoms with van der Waals surface area (Å²) in [7, 11) is 4.60. The number of nitrogens with one attached hydrogen (secondary N) is 2. The van der Waals surface area contributed by atoms with E-state index in [9.17, 15) is 4.79 Å². The van der Waals surface area contributed by atoms with E-state index in [4.69, 9.17) is 18.7 Å². The maximum Gasteiger partial charge on any atom is 0.305 e. The third-order valence-corrected chi connectivity index (χ3v) is 4.19. The van der Waals surface area contributed by atoms with Crippen LogP contribution >= 0.6 is 0 Å². The zero-order valence-electron chi connectivity index (χ0n) is 15.7. The van der Waals surface area contributed by atoms with Crippen LogP contribution in [0.3, 0.4) is 0 Å². The van der Waals surface area contributed by atoms with Crippen LogP contribution in [-0.4, -0.2) is 58.7 Å². The van der Waals surface area contributed by atoms with Crippen molar-refractivity contribution in [2.45, 2.75) is 6.42 Å². The molecule has 10 heteroatoms. The number of nitrogens with zero attached hydrogens (tertiary/aromatic N) is 3. The van der Waals surface area contributed by atoms with Crippen molar-refractivity contribution in [1.82, 2.24) is 10.6 Å². The van der Waals surface area contributed by atoms with Crippen molar-refractivity contribution in [2.24, 2.45) is 0 Å². The number of carbonyl (C=O) groups is 1. The molecule has 1 saturated heterocycles. The van der Waals surface area contributed by atoms with E-state index in [0.717, 1.165) is 31.7 Å². The summed E-state index contributed by atoms with van der Waals surface area (Å²) >= 11 is 0. The lowest BCUT2D eigenvalue weighted by atomic mass is 10.1. The Kier molecular flexibility index (Phi) is 5.97. The molecule has 1 aliphatic rings. The Bertz CT molecular complexity index is 763. The van der Waals surface area contributed by atoms with E-state index in [1.807, 2.05) is 5.01 Å². The van der Waals surface area contributed by atoms with Crippen molar-refractivity contribution in [1.29, 1.82) is 0 Å². The van der Waals surface area contributed by atoms with Gasteiger partial charge in [0, 0.05) is 13.1 Å². The molecule has 146 valence electrons. The number of hydrogen-bond acceptors (Lipinski definition) is 8. The van der Waals surface area contributed by atoms with E-state index in [2.05, 4.69) is 15.9 Å². The van der Waals surface area contributed by atoms with Crippen LogP contribution in [0.1, 0.15) is 5.56 Å². The molecule has 2 heterocycles. The van der Waals surface area contributed by atoms with Crippen LogP contribution in [0.4, 0.5) is 5.88 Å². The van der Waals surface area contributed by atoms with E-state index in [0.29, 0.717) is 17.2 Å². The van der Waals surface area contributed by atoms with Crippen molar-refractivity contribution in [3.63, 3.8) is 0 Å². The second-order valence-corrected chi connectivity index (χ2v) is 5.95. The Morgan fingerprint density at radius 1 is 1.22 bits per heavy atom. The van der Waals surface area contributed by atoms with Crippen molar-refractivity contribution < 1.29 is 28.3 Å². The summed E-state index contributed by atoms with van der Waals surface area (Å²) in [5.41, 5.74) is 0.719. The van der Waals surface area contributed by atoms with Crippen LogP contribution in [0, 0.1) is 0 Å². The molecule has 2 N–H and O–H groups in total. The first kappa shape index (κ1) is 18.8. The zero-order valence-corrected chi connectivity index (χ0v) is 15.7. The molecule has 1 amide bonds. The summed E-state index contributed by atoms with van der Waals surface area (Å²) in [5.74, 6) is 1.52. The highest BCUT2D eigenvalue weighted by atomic mass is 16.5. The molecule has 1 aromatic carbocycles. The fraction of sp³-hybridized carbons (Fsp3) is 0.471. The van der Waals surface area contributed by atoms with Crippen LogP contribution in [0.25, 0.3) is 0 Å². The van der Waals surface area contributed by atoms with Gasteiger partial charge in [0.05, 0.1) is 45.6 Å². The molecular formula is C17H24N5O5+. The number of amides is 1. The summed E-state index contributed by atoms with van der Waals surface area (Å²) in [6.45, 7) is 3.39. The summed E-state index contributed by atoms with van der Waals surface area (Å²) < 4.78 is 21.1. The molecule has 2 aromatic rings. The van der Waals surface area contributed by atoms with Crippen LogP contribution in [0.15, 0.2) is 22.9 Å². The number of ether oxygens (including phenoxy) is 3. The summed E-state index contributed by atoms with van der Waals surface area (Å²) in [6.07, 6.45) is 1.77. The lowest BCUT2D eigenvalue weighted by Crippen LogP contribution is -2.64. The Morgan fingerprint density at radius 2 is 1.89 bits per heavy atom. The number of rotatable bonds is 7. The molecule has 1 aliphatic heterocycles. The van der Waals surface area contributed by atoms with Gasteiger partial charge < -0.3 is 19.5 Å². The molecule has 0 aliphatic carbocycles. The Balaban J connectivity index is 1.66. The highest BCUT2D eigenvalue weighted by Gasteiger charge is 2.23. The minimum absolute atomic E-state index is 0.116. The normalized spacial score (nSPS) is 14.0. The van der Waals surface area contributed by atoms with Gasteiger partial charge in [-0.2, -0.15) is 5.01 Å². The van der Waals surface area contributed by atoms with Crippen molar-refractivity contribution >= 4 is 11.8 Å². The van der Waals surface area contributed by atoms with Gasteiger partial charge in [0.2, 0.25) is 16.9 Å². The fourth-order valence-electron chi connectivity index (χ4n) is 2.89. The van der Waals surface area contributed by atoms with E-state index in [-0.39, 0.29) is 18.2 Å². The van der Waals surface area contributed by atoms with Crippen LogP contribution < -0.4 is 34.6 Å². The van der Waals surface area contributed by atoms with Crippen molar-refractivity contribution in [2.75, 3.05) is 57.8 Å². The van der Waals surface area contributed by atoms with Gasteiger partial charge in [0.1, 0.15) is 0 Å². The second kappa shape index (κ2) is 8.58. The van der Waals surface area contributed by atoms with E-state index < -0.39 is 0 Å². The molecule has 1 aromatic heterocycles. The molecule has 0 spiro atoms. The van der Waals surface area contributed by atoms with Gasteiger partial charge in [0.15, 0.2) is 11.5 Å². The average molecular weight is 378 g/mol. The first-order valence-corrected chi connectivity index (χ1v) is 8.58. The van der Waals surface area contributed by atoms with Crippen molar-refractivity contribution in [3.8, 4) is 17.2 Å². The number of methoxy groups -OCH3 is 3. The minimum atomic E-state index is -0.243. The maximum atomic E-state index is 12.4. The molecule has 0 saturated carbocycles. The van der Waals surface area contributed by atoms with E-state index in [1.54, 1.807) is 23.1 Å². The van der Waals surface area contributed by atoms with E-state index in [1.165, 1.54) is 21.3 Å². The third kappa shape index (κ3) is 4.40. The topological polar surface area (TPSA) is 102 Å². The predicted molar refractivity (Wildman–Crippen MR) is 96.0 cm³/mol. The second-order valence-electron chi connectivity index (χ2n) is 5.95. The number of piperazine rings is 1. The van der Waals surface area contributed by atoms with Gasteiger partial charge in [-0.1, -0.05) is 0 Å². The highest BCUT2D eigenvalue weighted by molar-refractivity contribution is 5.91. The van der Waals surface area contributed by atoms with Gasteiger partial charge in [-0.3, -0.25) is 14.6 Å². The average Bonchev–Trinajstić information content (AvgIpc) is 3.16. The molecule has 27 heavy (non-hydrogen) atoms. The van der Waals surface area contributed by atoms with Gasteiger partial charge in [-0.05, 0) is 17.7 Å². The number of benzene rings is 1. The van der Waals surface area contributed by atoms with Gasteiger partial charge in [-0.15, -0.1) is 0 Å². The Hall–Kier alpha value is -3.01. The summed E-state index contributed by atoms with van der Waals surface area (Å²) in [6, 6.07) is 3.48. The Labute approximate surface area is 156 Å². The molecule has 10 nitrogen and oxygen atoms in total. The lowest BCUT2D eigenvalue weighted by molar-refractivity contribution is -0.758. The first-order valence-electron chi connectivity index (χ1n) is 8.58. The molecule has 3 rings (SSSR count). The quantitative estimate of drug-likeness (QED) is 0.634. The predicted octanol–water partition coefficient (Wildman–Crippen LogP) is -0.290. The van der Waals surface area contributed by atoms with Crippen LogP contribution in [-0.2, 0) is 11.2 Å². The molecule has 0 bridgehead atoms. The van der Waals surface area contributed by atoms with Crippen molar-refractivity contribution in [3.05, 3.63) is 23.9 Å². The Morgan fingerprint density at radius 3 is 2.48 bits per heavy atom. The SMILES string of the molecule is COc1cc(CC(=O)Nc2c[n+](N3CCNCC3)no2)cc(OC)c1OC. The standard InChI is InChI=1S/C17H23N5O5/c1-24-13-8-12(9-14(25-2)17(13)26-3)10-15(23)19-16-11-22(20-27-16)21-6-4-18-5-7-21/h8-9,11,18H,4-7,10H2,1-3H3/p+1. The zero-order chi connectivity index (χ0) is 19.2. The van der Waals surface area contributed by atoms with Gasteiger partial charge in [-0.25, -0.2) is 0 Å². The monoisotopic (exact) mass is 378 g/mol. The number of carbonyl (C=O) groups excluding carboxylic acids is 1. The third-order valence-electron chi connectivity index (χ3n) is 4.19. The minimum Gasteiger partial charge on any atom is -0.493 e. The lowest BCUT2D eigenvalue weighted by Gasteiger charge is -2.19. The first-order chi connectivity index (χ1) is 13.1. The smallest absolute Gasteiger partial charge is 0.305 e. The summed E-state index contributed by atoms with van der Waals surface area (Å²) in [5, 5.41) is 11.9. The van der Waals surface area contributed by atoms with E-state index >= 15 is 0 Å². The van der Waals surface area contributed by atoms with Crippen LogP contribution in [0.2, 0.25) is 0 Å². The molecule has 0 radical (unpaired) electrons. The molecular weight excluding hydrogens is 354 g/mol. The maximum absolute atomic E-state index is 12.4. The summed E-state index contributed by atoms with van der Waals surface area (Å²) in [4.78, 5) is 14.0. The highest BCUT2D eigenvalue weighted by Crippen LogP contribution is 2.38. The number of anilines is 1. The largest absolute Gasteiger partial charge is 0.493 e. The molecule has 0 unspecified atom stereocenters. The van der Waals surface area contributed by atoms with Gasteiger partial charge >= 0.3 is 5.88 Å². The number of hydrogen-bond donors (Lipinski definition) is 2. The molecule has 0 atom stereocenters. The van der Waals surface area contributed by atoms with Gasteiger partial charge in [0.25, 0.3) is 6.20 Å². The molecule has 1 fully saturated rings. The number of aromatic nitrogens is 2. The van der Waals surface area contributed by atoms with Crippen LogP contribution in [0.5, 0.6) is 17.2 Å². The fourth-order valence-corrected chi connectivity index (χ4v) is 2.89.